The topological polar surface area (TPSA) is 85.3 Å². The molecule has 7 nitrogen and oxygen atoms in total. The summed E-state index contributed by atoms with van der Waals surface area (Å²) in [5.74, 6) is -0.416. The van der Waals surface area contributed by atoms with Crippen molar-refractivity contribution in [1.29, 1.82) is 0 Å². The van der Waals surface area contributed by atoms with Crippen LogP contribution in [0.5, 0.6) is 5.75 Å². The number of nitrogens with zero attached hydrogens (tertiary/aromatic N) is 2. The second-order valence-corrected chi connectivity index (χ2v) is 6.00. The number of carbonyl (C=O) groups is 2. The van der Waals surface area contributed by atoms with Crippen LogP contribution in [-0.2, 0) is 16.1 Å². The van der Waals surface area contributed by atoms with Crippen molar-refractivity contribution in [3.8, 4) is 5.75 Å². The Morgan fingerprint density at radius 2 is 2.29 bits per heavy atom. The number of fused-ring (bicyclic) bond motifs is 1. The van der Waals surface area contributed by atoms with E-state index >= 15 is 0 Å². The van der Waals surface area contributed by atoms with Crippen molar-refractivity contribution in [3.05, 3.63) is 42.5 Å². The molecule has 24 heavy (non-hydrogen) atoms. The minimum Gasteiger partial charge on any atom is -0.466 e. The van der Waals surface area contributed by atoms with E-state index in [1.807, 2.05) is 29.8 Å². The zero-order valence-electron chi connectivity index (χ0n) is 13.7. The first-order valence-corrected chi connectivity index (χ1v) is 7.84. The van der Waals surface area contributed by atoms with Crippen LogP contribution in [0.3, 0.4) is 0 Å². The number of nitrogens with one attached hydrogen (secondary N) is 2. The van der Waals surface area contributed by atoms with Crippen LogP contribution in [0.25, 0.3) is 0 Å². The molecule has 3 rings (SSSR count). The normalized spacial score (nSPS) is 19.2. The van der Waals surface area contributed by atoms with E-state index in [0.717, 1.165) is 18.5 Å². The fourth-order valence-corrected chi connectivity index (χ4v) is 2.54. The summed E-state index contributed by atoms with van der Waals surface area (Å²) in [5.41, 5.74) is 0.0210. The van der Waals surface area contributed by atoms with Crippen molar-refractivity contribution < 1.29 is 14.3 Å². The molecular weight excluding hydrogens is 308 g/mol. The molecule has 1 aliphatic rings. The fraction of sp³-hybridized carbons (Fsp3) is 0.353. The molecule has 0 unspecified atom stereocenters. The van der Waals surface area contributed by atoms with Crippen LogP contribution in [0.4, 0.5) is 5.69 Å². The summed E-state index contributed by atoms with van der Waals surface area (Å²) in [4.78, 5) is 28.8. The molecule has 2 heterocycles. The van der Waals surface area contributed by atoms with Gasteiger partial charge in [-0.25, -0.2) is 4.98 Å². The largest absolute Gasteiger partial charge is 0.466 e. The molecule has 2 amide bonds. The number of hydrogen-bond donors (Lipinski definition) is 2. The lowest BCUT2D eigenvalue weighted by molar-refractivity contribution is -0.146. The van der Waals surface area contributed by atoms with Gasteiger partial charge in [-0.1, -0.05) is 6.07 Å². The summed E-state index contributed by atoms with van der Waals surface area (Å²) in [7, 11) is 0. The summed E-state index contributed by atoms with van der Waals surface area (Å²) in [5, 5.41) is 5.52. The van der Waals surface area contributed by atoms with Crippen LogP contribution in [-0.4, -0.2) is 33.5 Å². The Kier molecular flexibility index (Phi) is 4.24. The highest BCUT2D eigenvalue weighted by atomic mass is 16.5. The molecule has 0 spiro atoms. The van der Waals surface area contributed by atoms with E-state index in [-0.39, 0.29) is 0 Å². The highest BCUT2D eigenvalue weighted by Crippen LogP contribution is 2.34. The number of anilines is 1. The number of amides is 2. The summed E-state index contributed by atoms with van der Waals surface area (Å²) < 4.78 is 7.64. The third-order valence-electron chi connectivity index (χ3n) is 4.00. The monoisotopic (exact) mass is 328 g/mol. The predicted octanol–water partition coefficient (Wildman–Crippen LogP) is 1.49. The second kappa shape index (κ2) is 6.35. The number of ether oxygens (including phenoxy) is 1. The maximum absolute atomic E-state index is 12.5. The number of rotatable bonds is 5. The summed E-state index contributed by atoms with van der Waals surface area (Å²) in [6.45, 7) is 4.60. The smallest absolute Gasteiger partial charge is 0.278 e. The number of hydrogen-bond acceptors (Lipinski definition) is 4. The third-order valence-corrected chi connectivity index (χ3v) is 4.00. The van der Waals surface area contributed by atoms with Gasteiger partial charge >= 0.3 is 0 Å². The fourth-order valence-electron chi connectivity index (χ4n) is 2.54. The predicted molar refractivity (Wildman–Crippen MR) is 88.7 cm³/mol. The van der Waals surface area contributed by atoms with Gasteiger partial charge in [0.2, 0.25) is 0 Å². The van der Waals surface area contributed by atoms with Crippen LogP contribution in [0.1, 0.15) is 18.9 Å². The average molecular weight is 328 g/mol. The molecule has 0 saturated carbocycles. The molecule has 2 aromatic rings. The molecule has 0 aliphatic carbocycles. The van der Waals surface area contributed by atoms with Crippen molar-refractivity contribution in [2.75, 3.05) is 11.9 Å². The lowest BCUT2D eigenvalue weighted by Gasteiger charge is -2.33. The van der Waals surface area contributed by atoms with Crippen molar-refractivity contribution >= 4 is 17.5 Å². The maximum Gasteiger partial charge on any atom is 0.278 e. The Bertz CT molecular complexity index is 757. The van der Waals surface area contributed by atoms with E-state index in [2.05, 4.69) is 15.6 Å². The van der Waals surface area contributed by atoms with Gasteiger partial charge in [0.15, 0.2) is 0 Å². The number of imidazole rings is 1. The van der Waals surface area contributed by atoms with Crippen molar-refractivity contribution in [2.24, 2.45) is 0 Å². The van der Waals surface area contributed by atoms with Crippen LogP contribution < -0.4 is 15.4 Å². The van der Waals surface area contributed by atoms with Gasteiger partial charge in [-0.2, -0.15) is 0 Å². The number of aryl methyl sites for hydroxylation is 2. The highest BCUT2D eigenvalue weighted by molar-refractivity contribution is 6.15. The van der Waals surface area contributed by atoms with Crippen molar-refractivity contribution in [3.63, 3.8) is 0 Å². The van der Waals surface area contributed by atoms with E-state index in [9.17, 15) is 9.59 Å². The molecule has 1 aromatic heterocycles. The lowest BCUT2D eigenvalue weighted by atomic mass is 10.0. The Labute approximate surface area is 140 Å². The SMILES string of the molecule is Cc1ccc2c(c1)NC(=O)[C@](C)(C(=O)NCCCn1ccnc1)O2. The Balaban J connectivity index is 1.61. The van der Waals surface area contributed by atoms with E-state index in [4.69, 9.17) is 4.74 Å². The molecule has 0 fully saturated rings. The molecule has 1 atom stereocenters. The first-order chi connectivity index (χ1) is 11.5. The second-order valence-electron chi connectivity index (χ2n) is 6.00. The first kappa shape index (κ1) is 16.0. The molecule has 0 radical (unpaired) electrons. The summed E-state index contributed by atoms with van der Waals surface area (Å²) >= 11 is 0. The molecule has 126 valence electrons. The maximum atomic E-state index is 12.5. The number of benzene rings is 1. The van der Waals surface area contributed by atoms with E-state index in [1.54, 1.807) is 18.6 Å². The standard InChI is InChI=1S/C17H20N4O3/c1-12-4-5-14-13(10-12)20-16(23)17(2,24-14)15(22)19-6-3-8-21-9-7-18-11-21/h4-5,7,9-11H,3,6,8H2,1-2H3,(H,19,22)(H,20,23)/t17-/m0/s1. The summed E-state index contributed by atoms with van der Waals surface area (Å²) in [6, 6.07) is 5.45. The van der Waals surface area contributed by atoms with Gasteiger partial charge < -0.3 is 19.9 Å². The minimum atomic E-state index is -1.57. The van der Waals surface area contributed by atoms with Crippen LogP contribution in [0.2, 0.25) is 0 Å². The zero-order valence-corrected chi connectivity index (χ0v) is 13.7. The van der Waals surface area contributed by atoms with Gasteiger partial charge in [0.25, 0.3) is 17.4 Å². The molecule has 1 aromatic carbocycles. The molecule has 2 N–H and O–H groups in total. The molecule has 1 aliphatic heterocycles. The zero-order chi connectivity index (χ0) is 17.2. The van der Waals surface area contributed by atoms with Gasteiger partial charge in [0.1, 0.15) is 5.75 Å². The Hall–Kier alpha value is -2.83. The van der Waals surface area contributed by atoms with Crippen molar-refractivity contribution in [2.45, 2.75) is 32.4 Å². The Morgan fingerprint density at radius 1 is 1.46 bits per heavy atom. The van der Waals surface area contributed by atoms with Gasteiger partial charge in [0.05, 0.1) is 12.0 Å². The first-order valence-electron chi connectivity index (χ1n) is 7.84. The van der Waals surface area contributed by atoms with E-state index in [0.29, 0.717) is 18.0 Å². The third kappa shape index (κ3) is 3.10. The molecule has 0 saturated heterocycles. The van der Waals surface area contributed by atoms with Crippen molar-refractivity contribution in [1.82, 2.24) is 14.9 Å². The molecular formula is C17H20N4O3. The van der Waals surface area contributed by atoms with Gasteiger partial charge in [-0.3, -0.25) is 9.59 Å². The highest BCUT2D eigenvalue weighted by Gasteiger charge is 2.47. The van der Waals surface area contributed by atoms with Crippen LogP contribution in [0.15, 0.2) is 36.9 Å². The van der Waals surface area contributed by atoms with Crippen LogP contribution in [0, 0.1) is 6.92 Å². The Morgan fingerprint density at radius 3 is 3.04 bits per heavy atom. The van der Waals surface area contributed by atoms with E-state index in [1.165, 1.54) is 6.92 Å². The summed E-state index contributed by atoms with van der Waals surface area (Å²) in [6.07, 6.45) is 6.02. The minimum absolute atomic E-state index is 0.447. The molecule has 0 bridgehead atoms. The number of aromatic nitrogens is 2. The van der Waals surface area contributed by atoms with Crippen LogP contribution >= 0.6 is 0 Å². The quantitative estimate of drug-likeness (QED) is 0.643. The molecule has 7 heteroatoms. The van der Waals surface area contributed by atoms with Gasteiger partial charge in [0, 0.05) is 25.5 Å². The average Bonchev–Trinajstić information content (AvgIpc) is 3.06. The lowest BCUT2D eigenvalue weighted by Crippen LogP contribution is -2.58. The van der Waals surface area contributed by atoms with E-state index < -0.39 is 17.4 Å². The van der Waals surface area contributed by atoms with Gasteiger partial charge in [-0.15, -0.1) is 0 Å². The van der Waals surface area contributed by atoms with Gasteiger partial charge in [-0.05, 0) is 38.0 Å². The number of carbonyl (C=O) groups excluding carboxylic acids is 2.